The molecule has 0 spiro atoms. The summed E-state index contributed by atoms with van der Waals surface area (Å²) in [7, 11) is -1.53. The second-order valence-corrected chi connectivity index (χ2v) is 10.3. The normalized spacial score (nSPS) is 11.4. The van der Waals surface area contributed by atoms with Gasteiger partial charge < -0.3 is 13.9 Å². The van der Waals surface area contributed by atoms with Crippen LogP contribution in [0.4, 0.5) is 0 Å². The molecule has 0 bridgehead atoms. The molecule has 0 unspecified atom stereocenters. The maximum atomic E-state index is 11.1. The SMILES string of the molecule is C=C(C)C(=O)OCCOCCC[Si](C)(C)OCCCCC. The summed E-state index contributed by atoms with van der Waals surface area (Å²) in [5, 5.41) is 0. The van der Waals surface area contributed by atoms with Gasteiger partial charge in [0.1, 0.15) is 6.61 Å². The van der Waals surface area contributed by atoms with Gasteiger partial charge in [0.25, 0.3) is 0 Å². The van der Waals surface area contributed by atoms with Crippen LogP contribution in [0.3, 0.4) is 0 Å². The summed E-state index contributed by atoms with van der Waals surface area (Å²) < 4.78 is 16.4. The van der Waals surface area contributed by atoms with Gasteiger partial charge in [-0.3, -0.25) is 0 Å². The van der Waals surface area contributed by atoms with Crippen LogP contribution in [0.25, 0.3) is 0 Å². The van der Waals surface area contributed by atoms with Crippen molar-refractivity contribution < 1.29 is 18.7 Å². The summed E-state index contributed by atoms with van der Waals surface area (Å²) >= 11 is 0. The standard InChI is InChI=1S/C16H32O4Si/c1-6-7-8-11-20-21(4,5)14-9-10-18-12-13-19-16(17)15(2)3/h2,6-14H2,1,3-5H3. The van der Waals surface area contributed by atoms with Crippen molar-refractivity contribution in [2.45, 2.75) is 58.7 Å². The van der Waals surface area contributed by atoms with Gasteiger partial charge >= 0.3 is 5.97 Å². The Hall–Kier alpha value is -0.653. The Morgan fingerprint density at radius 1 is 1.05 bits per heavy atom. The molecule has 0 aliphatic carbocycles. The third-order valence-corrected chi connectivity index (χ3v) is 5.66. The molecule has 0 radical (unpaired) electrons. The highest BCUT2D eigenvalue weighted by Crippen LogP contribution is 2.14. The van der Waals surface area contributed by atoms with Crippen LogP contribution >= 0.6 is 0 Å². The summed E-state index contributed by atoms with van der Waals surface area (Å²) in [6.45, 7) is 14.2. The number of esters is 1. The average Bonchev–Trinajstić information content (AvgIpc) is 2.42. The lowest BCUT2D eigenvalue weighted by molar-refractivity contribution is -0.140. The summed E-state index contributed by atoms with van der Waals surface area (Å²) in [6, 6.07) is 1.10. The zero-order valence-corrected chi connectivity index (χ0v) is 15.2. The minimum atomic E-state index is -1.53. The smallest absolute Gasteiger partial charge is 0.333 e. The van der Waals surface area contributed by atoms with E-state index in [1.807, 2.05) is 0 Å². The summed E-state index contributed by atoms with van der Waals surface area (Å²) in [4.78, 5) is 11.1. The van der Waals surface area contributed by atoms with Crippen LogP contribution in [0, 0.1) is 0 Å². The number of hydrogen-bond acceptors (Lipinski definition) is 4. The highest BCUT2D eigenvalue weighted by atomic mass is 28.4. The van der Waals surface area contributed by atoms with Crippen LogP contribution < -0.4 is 0 Å². The predicted octanol–water partition coefficient (Wildman–Crippen LogP) is 3.92. The minimum absolute atomic E-state index is 0.292. The van der Waals surface area contributed by atoms with Gasteiger partial charge in [0.2, 0.25) is 0 Å². The minimum Gasteiger partial charge on any atom is -0.460 e. The number of unbranched alkanes of at least 4 members (excludes halogenated alkanes) is 2. The number of ether oxygens (including phenoxy) is 2. The van der Waals surface area contributed by atoms with Crippen molar-refractivity contribution in [1.82, 2.24) is 0 Å². The molecule has 0 heterocycles. The van der Waals surface area contributed by atoms with Gasteiger partial charge in [-0.05, 0) is 38.9 Å². The van der Waals surface area contributed by atoms with Crippen molar-refractivity contribution in [3.63, 3.8) is 0 Å². The first-order valence-electron chi connectivity index (χ1n) is 7.93. The number of carbonyl (C=O) groups excluding carboxylic acids is 1. The van der Waals surface area contributed by atoms with Gasteiger partial charge in [-0.15, -0.1) is 0 Å². The predicted molar refractivity (Wildman–Crippen MR) is 89.0 cm³/mol. The van der Waals surface area contributed by atoms with E-state index in [1.165, 1.54) is 12.8 Å². The second kappa shape index (κ2) is 11.9. The molecular weight excluding hydrogens is 284 g/mol. The zero-order chi connectivity index (χ0) is 16.1. The van der Waals surface area contributed by atoms with Gasteiger partial charge in [0.05, 0.1) is 6.61 Å². The monoisotopic (exact) mass is 316 g/mol. The van der Waals surface area contributed by atoms with Crippen molar-refractivity contribution in [2.75, 3.05) is 26.4 Å². The van der Waals surface area contributed by atoms with Gasteiger partial charge in [0.15, 0.2) is 8.32 Å². The summed E-state index contributed by atoms with van der Waals surface area (Å²) in [6.07, 6.45) is 4.64. The Kier molecular flexibility index (Phi) is 11.6. The van der Waals surface area contributed by atoms with Crippen LogP contribution in [0.15, 0.2) is 12.2 Å². The fraction of sp³-hybridized carbons (Fsp3) is 0.812. The van der Waals surface area contributed by atoms with Crippen molar-refractivity contribution in [2.24, 2.45) is 0 Å². The average molecular weight is 317 g/mol. The highest BCUT2D eigenvalue weighted by molar-refractivity contribution is 6.71. The summed E-state index contributed by atoms with van der Waals surface area (Å²) in [5.74, 6) is -0.354. The molecule has 21 heavy (non-hydrogen) atoms. The zero-order valence-electron chi connectivity index (χ0n) is 14.2. The van der Waals surface area contributed by atoms with E-state index in [9.17, 15) is 4.79 Å². The fourth-order valence-electron chi connectivity index (χ4n) is 1.79. The van der Waals surface area contributed by atoms with Crippen molar-refractivity contribution in [1.29, 1.82) is 0 Å². The van der Waals surface area contributed by atoms with E-state index in [4.69, 9.17) is 13.9 Å². The third kappa shape index (κ3) is 12.8. The van der Waals surface area contributed by atoms with E-state index in [0.29, 0.717) is 25.4 Å². The van der Waals surface area contributed by atoms with E-state index in [0.717, 1.165) is 25.5 Å². The second-order valence-electron chi connectivity index (χ2n) is 5.95. The van der Waals surface area contributed by atoms with Gasteiger partial charge in [-0.1, -0.05) is 26.3 Å². The van der Waals surface area contributed by atoms with Crippen molar-refractivity contribution >= 4 is 14.3 Å². The molecule has 0 fully saturated rings. The molecule has 0 aliphatic rings. The molecule has 5 heteroatoms. The molecule has 0 saturated heterocycles. The highest BCUT2D eigenvalue weighted by Gasteiger charge is 2.21. The van der Waals surface area contributed by atoms with Crippen LogP contribution in [-0.2, 0) is 18.7 Å². The summed E-state index contributed by atoms with van der Waals surface area (Å²) in [5.41, 5.74) is 0.419. The molecule has 0 amide bonds. The molecule has 0 aliphatic heterocycles. The number of rotatable bonds is 13. The van der Waals surface area contributed by atoms with Crippen LogP contribution in [0.1, 0.15) is 39.5 Å². The van der Waals surface area contributed by atoms with Gasteiger partial charge in [-0.2, -0.15) is 0 Å². The molecule has 0 aromatic heterocycles. The Balaban J connectivity index is 3.48. The third-order valence-electron chi connectivity index (χ3n) is 3.12. The van der Waals surface area contributed by atoms with Crippen LogP contribution in [-0.4, -0.2) is 40.7 Å². The first-order valence-corrected chi connectivity index (χ1v) is 11.0. The van der Waals surface area contributed by atoms with Gasteiger partial charge in [0, 0.05) is 18.8 Å². The lowest BCUT2D eigenvalue weighted by Gasteiger charge is -2.22. The largest absolute Gasteiger partial charge is 0.460 e. The molecular formula is C16H32O4Si. The molecule has 0 aromatic rings. The quantitative estimate of drug-likeness (QED) is 0.223. The van der Waals surface area contributed by atoms with E-state index < -0.39 is 8.32 Å². The molecule has 0 atom stereocenters. The number of hydrogen-bond donors (Lipinski definition) is 0. The van der Waals surface area contributed by atoms with E-state index >= 15 is 0 Å². The lowest BCUT2D eigenvalue weighted by atomic mass is 10.3. The maximum absolute atomic E-state index is 11.1. The van der Waals surface area contributed by atoms with Crippen LogP contribution in [0.5, 0.6) is 0 Å². The van der Waals surface area contributed by atoms with Gasteiger partial charge in [-0.25, -0.2) is 4.79 Å². The maximum Gasteiger partial charge on any atom is 0.333 e. The molecule has 124 valence electrons. The Morgan fingerprint density at radius 2 is 1.76 bits per heavy atom. The molecule has 4 nitrogen and oxygen atoms in total. The fourth-order valence-corrected chi connectivity index (χ4v) is 3.63. The first kappa shape index (κ1) is 20.3. The lowest BCUT2D eigenvalue weighted by Crippen LogP contribution is -2.31. The van der Waals surface area contributed by atoms with E-state index in [1.54, 1.807) is 6.92 Å². The van der Waals surface area contributed by atoms with Crippen molar-refractivity contribution in [3.8, 4) is 0 Å². The Bertz CT molecular complexity index is 303. The Morgan fingerprint density at radius 3 is 2.38 bits per heavy atom. The van der Waals surface area contributed by atoms with Crippen LogP contribution in [0.2, 0.25) is 19.1 Å². The molecule has 0 saturated carbocycles. The van der Waals surface area contributed by atoms with E-state index in [-0.39, 0.29) is 5.97 Å². The first-order chi connectivity index (χ1) is 9.89. The number of carbonyl (C=O) groups is 1. The molecule has 0 N–H and O–H groups in total. The van der Waals surface area contributed by atoms with Crippen molar-refractivity contribution in [3.05, 3.63) is 12.2 Å². The molecule has 0 rings (SSSR count). The Labute approximate surface area is 131 Å². The molecule has 0 aromatic carbocycles. The van der Waals surface area contributed by atoms with E-state index in [2.05, 4.69) is 26.6 Å². The topological polar surface area (TPSA) is 44.8 Å².